The van der Waals surface area contributed by atoms with Crippen molar-refractivity contribution in [2.24, 2.45) is 0 Å². The second kappa shape index (κ2) is 7.28. The van der Waals surface area contributed by atoms with Gasteiger partial charge in [0.15, 0.2) is 0 Å². The van der Waals surface area contributed by atoms with E-state index < -0.39 is 34.6 Å². The van der Waals surface area contributed by atoms with Crippen molar-refractivity contribution in [2.45, 2.75) is 6.18 Å². The monoisotopic (exact) mass is 435 g/mol. The number of pyridine rings is 1. The Bertz CT molecular complexity index is 1130. The predicted octanol–water partition coefficient (Wildman–Crippen LogP) is 4.18. The maximum atomic E-state index is 14.3. The summed E-state index contributed by atoms with van der Waals surface area (Å²) in [6, 6.07) is 4.59. The van der Waals surface area contributed by atoms with E-state index in [0.717, 1.165) is 12.1 Å². The van der Waals surface area contributed by atoms with Crippen LogP contribution in [0.4, 0.5) is 17.6 Å². The zero-order valence-electron chi connectivity index (χ0n) is 13.4. The number of hydrogen-bond donors (Lipinski definition) is 1. The zero-order chi connectivity index (χ0) is 20.6. The minimum absolute atomic E-state index is 0.0116. The molecule has 0 saturated heterocycles. The Kier molecular flexibility index (Phi) is 5.18. The lowest BCUT2D eigenvalue weighted by Crippen LogP contribution is -2.36. The largest absolute Gasteiger partial charge is 0.437 e. The molecular weight excluding hydrogens is 429 g/mol. The van der Waals surface area contributed by atoms with Crippen molar-refractivity contribution in [3.63, 3.8) is 0 Å². The number of nitrogens with one attached hydrogen (secondary N) is 1. The van der Waals surface area contributed by atoms with Crippen LogP contribution in [0.5, 0.6) is 11.6 Å². The summed E-state index contributed by atoms with van der Waals surface area (Å²) in [7, 11) is 0. The quantitative estimate of drug-likeness (QED) is 0.626. The first kappa shape index (κ1) is 19.9. The Hall–Kier alpha value is -2.85. The first-order valence-electron chi connectivity index (χ1n) is 7.28. The summed E-state index contributed by atoms with van der Waals surface area (Å²) in [6.45, 7) is 0. The molecule has 0 radical (unpaired) electrons. The molecule has 6 nitrogen and oxygen atoms in total. The van der Waals surface area contributed by atoms with Gasteiger partial charge in [0.2, 0.25) is 5.88 Å². The number of aromatic amines is 1. The highest BCUT2D eigenvalue weighted by Gasteiger charge is 2.33. The van der Waals surface area contributed by atoms with E-state index in [2.05, 4.69) is 4.98 Å². The Morgan fingerprint density at radius 3 is 2.39 bits per heavy atom. The smallest absolute Gasteiger partial charge is 0.431 e. The van der Waals surface area contributed by atoms with Crippen LogP contribution in [0.2, 0.25) is 10.0 Å². The number of benzene rings is 1. The van der Waals surface area contributed by atoms with Gasteiger partial charge in [0.1, 0.15) is 17.3 Å². The fraction of sp³-hybridized carbons (Fsp3) is 0.0625. The van der Waals surface area contributed by atoms with Crippen molar-refractivity contribution in [3.05, 3.63) is 78.9 Å². The summed E-state index contributed by atoms with van der Waals surface area (Å²) in [5.41, 5.74) is -5.10. The van der Waals surface area contributed by atoms with Gasteiger partial charge in [-0.05, 0) is 12.1 Å². The number of halogens is 6. The van der Waals surface area contributed by atoms with Crippen molar-refractivity contribution < 1.29 is 22.3 Å². The van der Waals surface area contributed by atoms with Crippen molar-refractivity contribution in [1.82, 2.24) is 14.5 Å². The molecule has 146 valence electrons. The van der Waals surface area contributed by atoms with Gasteiger partial charge in [-0.25, -0.2) is 18.7 Å². The van der Waals surface area contributed by atoms with Crippen LogP contribution in [0.1, 0.15) is 5.69 Å². The van der Waals surface area contributed by atoms with Crippen LogP contribution in [-0.4, -0.2) is 14.5 Å². The van der Waals surface area contributed by atoms with Crippen LogP contribution in [0, 0.1) is 5.82 Å². The van der Waals surface area contributed by atoms with E-state index in [9.17, 15) is 27.2 Å². The summed E-state index contributed by atoms with van der Waals surface area (Å²) < 4.78 is 57.9. The fourth-order valence-electron chi connectivity index (χ4n) is 2.18. The highest BCUT2D eigenvalue weighted by molar-refractivity contribution is 6.32. The predicted molar refractivity (Wildman–Crippen MR) is 92.0 cm³/mol. The number of ether oxygens (including phenoxy) is 1. The first-order chi connectivity index (χ1) is 13.1. The SMILES string of the molecule is O=c1cc(C(F)(F)F)[nH]c(=O)n1-c1cc(Oc2ccc(Cl)cn2)c(Cl)cc1F. The molecule has 0 aliphatic rings. The summed E-state index contributed by atoms with van der Waals surface area (Å²) >= 11 is 11.6. The Morgan fingerprint density at radius 1 is 1.11 bits per heavy atom. The molecule has 0 amide bonds. The molecule has 0 aliphatic carbocycles. The van der Waals surface area contributed by atoms with E-state index in [1.54, 1.807) is 0 Å². The van der Waals surface area contributed by atoms with Crippen LogP contribution < -0.4 is 16.0 Å². The molecular formula is C16H7Cl2F4N3O3. The van der Waals surface area contributed by atoms with Crippen LogP contribution in [-0.2, 0) is 6.18 Å². The third kappa shape index (κ3) is 4.02. The van der Waals surface area contributed by atoms with Gasteiger partial charge in [-0.15, -0.1) is 0 Å². The normalized spacial score (nSPS) is 11.5. The molecule has 3 rings (SSSR count). The number of rotatable bonds is 3. The molecule has 0 spiro atoms. The lowest BCUT2D eigenvalue weighted by atomic mass is 10.2. The van der Waals surface area contributed by atoms with E-state index in [1.165, 1.54) is 23.3 Å². The standard InChI is InChI=1S/C16H7Cl2F4N3O3/c17-7-1-2-13(23-6-7)28-11-4-10(9(19)3-8(11)18)25-14(26)5-12(16(20,21)22)24-15(25)27/h1-6H,(H,24,27). The van der Waals surface area contributed by atoms with Crippen LogP contribution in [0.15, 0.2) is 46.1 Å². The lowest BCUT2D eigenvalue weighted by molar-refractivity contribution is -0.141. The van der Waals surface area contributed by atoms with Gasteiger partial charge >= 0.3 is 11.9 Å². The van der Waals surface area contributed by atoms with E-state index in [4.69, 9.17) is 27.9 Å². The minimum atomic E-state index is -4.95. The van der Waals surface area contributed by atoms with E-state index in [-0.39, 0.29) is 27.3 Å². The van der Waals surface area contributed by atoms with Gasteiger partial charge in [0.25, 0.3) is 5.56 Å². The molecule has 0 aliphatic heterocycles. The van der Waals surface area contributed by atoms with E-state index >= 15 is 0 Å². The molecule has 1 aromatic carbocycles. The van der Waals surface area contributed by atoms with Crippen molar-refractivity contribution in [2.75, 3.05) is 0 Å². The second-order valence-electron chi connectivity index (χ2n) is 5.31. The van der Waals surface area contributed by atoms with Gasteiger partial charge in [-0.1, -0.05) is 23.2 Å². The first-order valence-corrected chi connectivity index (χ1v) is 8.04. The highest BCUT2D eigenvalue weighted by atomic mass is 35.5. The van der Waals surface area contributed by atoms with Crippen LogP contribution in [0.25, 0.3) is 5.69 Å². The average molecular weight is 436 g/mol. The summed E-state index contributed by atoms with van der Waals surface area (Å²) in [5.74, 6) is -1.31. The molecule has 0 bridgehead atoms. The van der Waals surface area contributed by atoms with Gasteiger partial charge in [0.05, 0.1) is 15.7 Å². The average Bonchev–Trinajstić information content (AvgIpc) is 2.59. The highest BCUT2D eigenvalue weighted by Crippen LogP contribution is 2.32. The lowest BCUT2D eigenvalue weighted by Gasteiger charge is -2.12. The van der Waals surface area contributed by atoms with E-state index in [1.807, 2.05) is 0 Å². The number of nitrogens with zero attached hydrogens (tertiary/aromatic N) is 2. The maximum absolute atomic E-state index is 14.3. The number of aromatic nitrogens is 3. The third-order valence-electron chi connectivity index (χ3n) is 3.40. The number of alkyl halides is 3. The van der Waals surface area contributed by atoms with Gasteiger partial charge in [-0.2, -0.15) is 13.2 Å². The molecule has 0 fully saturated rings. The van der Waals surface area contributed by atoms with Gasteiger partial charge in [-0.3, -0.25) is 4.79 Å². The van der Waals surface area contributed by atoms with E-state index in [0.29, 0.717) is 5.02 Å². The summed E-state index contributed by atoms with van der Waals surface area (Å²) in [4.78, 5) is 29.4. The molecule has 0 unspecified atom stereocenters. The van der Waals surface area contributed by atoms with Gasteiger partial charge in [0, 0.05) is 24.4 Å². The molecule has 12 heteroatoms. The number of H-pyrrole nitrogens is 1. The molecule has 0 atom stereocenters. The summed E-state index contributed by atoms with van der Waals surface area (Å²) in [6.07, 6.45) is -3.69. The molecule has 28 heavy (non-hydrogen) atoms. The fourth-order valence-corrected chi connectivity index (χ4v) is 2.48. The molecule has 0 saturated carbocycles. The zero-order valence-corrected chi connectivity index (χ0v) is 14.9. The molecule has 2 heterocycles. The molecule has 3 aromatic rings. The Balaban J connectivity index is 2.12. The van der Waals surface area contributed by atoms with Gasteiger partial charge < -0.3 is 9.72 Å². The Labute approximate surface area is 162 Å². The Morgan fingerprint density at radius 2 is 1.82 bits per heavy atom. The van der Waals surface area contributed by atoms with Crippen molar-refractivity contribution >= 4 is 23.2 Å². The van der Waals surface area contributed by atoms with Crippen LogP contribution >= 0.6 is 23.2 Å². The van der Waals surface area contributed by atoms with Crippen molar-refractivity contribution in [3.8, 4) is 17.3 Å². The van der Waals surface area contributed by atoms with Crippen molar-refractivity contribution in [1.29, 1.82) is 0 Å². The third-order valence-corrected chi connectivity index (χ3v) is 3.91. The minimum Gasteiger partial charge on any atom is -0.437 e. The van der Waals surface area contributed by atoms with Crippen LogP contribution in [0.3, 0.4) is 0 Å². The molecule has 2 aromatic heterocycles. The topological polar surface area (TPSA) is 77.0 Å². The molecule has 1 N–H and O–H groups in total. The second-order valence-corrected chi connectivity index (χ2v) is 6.15. The number of hydrogen-bond acceptors (Lipinski definition) is 4. The maximum Gasteiger partial charge on any atom is 0.431 e. The summed E-state index contributed by atoms with van der Waals surface area (Å²) in [5, 5.41) is 0.0930.